The maximum absolute atomic E-state index is 13.1. The molecule has 0 aliphatic heterocycles. The molecule has 0 unspecified atom stereocenters. The normalized spacial score (nSPS) is 11.7. The predicted octanol–water partition coefficient (Wildman–Crippen LogP) is 3.38. The van der Waals surface area contributed by atoms with Gasteiger partial charge in [-0.05, 0) is 31.2 Å². The molecule has 0 fully saturated rings. The smallest absolute Gasteiger partial charge is 0.253 e. The van der Waals surface area contributed by atoms with Gasteiger partial charge in [-0.15, -0.1) is 0 Å². The molecule has 1 atom stereocenters. The van der Waals surface area contributed by atoms with Crippen molar-refractivity contribution in [3.63, 3.8) is 0 Å². The number of anilines is 1. The van der Waals surface area contributed by atoms with Crippen LogP contribution in [-0.2, 0) is 4.79 Å². The Morgan fingerprint density at radius 1 is 1.09 bits per heavy atom. The van der Waals surface area contributed by atoms with Crippen LogP contribution in [0.4, 0.5) is 14.5 Å². The lowest BCUT2D eigenvalue weighted by Crippen LogP contribution is -2.41. The molecule has 0 saturated heterocycles. The molecule has 0 spiro atoms. The van der Waals surface area contributed by atoms with E-state index in [0.29, 0.717) is 0 Å². The Kier molecular flexibility index (Phi) is 5.28. The van der Waals surface area contributed by atoms with Gasteiger partial charge in [-0.2, -0.15) is 0 Å². The SMILES string of the molecule is C[C@H](NC(=O)c1ccccc1Cl)C(=O)Nc1ccc(F)c(F)c1. The van der Waals surface area contributed by atoms with Crippen LogP contribution >= 0.6 is 11.6 Å². The molecule has 0 aliphatic rings. The summed E-state index contributed by atoms with van der Waals surface area (Å²) in [6.07, 6.45) is 0. The molecule has 2 amide bonds. The molecule has 0 aliphatic carbocycles. The van der Waals surface area contributed by atoms with Gasteiger partial charge < -0.3 is 10.6 Å². The van der Waals surface area contributed by atoms with Crippen molar-refractivity contribution in [2.75, 3.05) is 5.32 Å². The first-order valence-corrected chi connectivity index (χ1v) is 7.07. The summed E-state index contributed by atoms with van der Waals surface area (Å²) in [5.74, 6) is -3.17. The molecule has 0 radical (unpaired) electrons. The molecule has 2 N–H and O–H groups in total. The second-order valence-electron chi connectivity index (χ2n) is 4.79. The molecule has 2 aromatic rings. The van der Waals surface area contributed by atoms with Gasteiger partial charge in [0.05, 0.1) is 10.6 Å². The van der Waals surface area contributed by atoms with Crippen LogP contribution in [0.3, 0.4) is 0 Å². The van der Waals surface area contributed by atoms with Gasteiger partial charge in [-0.3, -0.25) is 9.59 Å². The molecule has 2 aromatic carbocycles. The van der Waals surface area contributed by atoms with Crippen LogP contribution in [-0.4, -0.2) is 17.9 Å². The van der Waals surface area contributed by atoms with Crippen molar-refractivity contribution in [1.29, 1.82) is 0 Å². The van der Waals surface area contributed by atoms with E-state index < -0.39 is 29.5 Å². The maximum Gasteiger partial charge on any atom is 0.253 e. The summed E-state index contributed by atoms with van der Waals surface area (Å²) in [4.78, 5) is 24.0. The highest BCUT2D eigenvalue weighted by atomic mass is 35.5. The Balaban J connectivity index is 2.01. The molecule has 2 rings (SSSR count). The molecule has 0 aromatic heterocycles. The van der Waals surface area contributed by atoms with E-state index in [1.165, 1.54) is 19.1 Å². The summed E-state index contributed by atoms with van der Waals surface area (Å²) < 4.78 is 25.9. The highest BCUT2D eigenvalue weighted by molar-refractivity contribution is 6.33. The Morgan fingerprint density at radius 2 is 1.78 bits per heavy atom. The predicted molar refractivity (Wildman–Crippen MR) is 83.4 cm³/mol. The number of hydrogen-bond donors (Lipinski definition) is 2. The minimum Gasteiger partial charge on any atom is -0.340 e. The van der Waals surface area contributed by atoms with Gasteiger partial charge >= 0.3 is 0 Å². The number of halogens is 3. The summed E-state index contributed by atoms with van der Waals surface area (Å²) >= 11 is 5.91. The van der Waals surface area contributed by atoms with E-state index in [4.69, 9.17) is 11.6 Å². The highest BCUT2D eigenvalue weighted by Gasteiger charge is 2.18. The zero-order chi connectivity index (χ0) is 17.0. The van der Waals surface area contributed by atoms with Gasteiger partial charge in [0.15, 0.2) is 11.6 Å². The van der Waals surface area contributed by atoms with Gasteiger partial charge in [0.2, 0.25) is 5.91 Å². The van der Waals surface area contributed by atoms with Crippen molar-refractivity contribution in [3.8, 4) is 0 Å². The maximum atomic E-state index is 13.1. The fraction of sp³-hybridized carbons (Fsp3) is 0.125. The van der Waals surface area contributed by atoms with Crippen LogP contribution in [0.1, 0.15) is 17.3 Å². The number of rotatable bonds is 4. The first-order chi connectivity index (χ1) is 10.9. The van der Waals surface area contributed by atoms with Gasteiger partial charge in [0.1, 0.15) is 6.04 Å². The van der Waals surface area contributed by atoms with E-state index in [2.05, 4.69) is 10.6 Å². The minimum atomic E-state index is -1.07. The van der Waals surface area contributed by atoms with Crippen molar-refractivity contribution >= 4 is 29.1 Å². The third kappa shape index (κ3) is 4.26. The van der Waals surface area contributed by atoms with E-state index >= 15 is 0 Å². The van der Waals surface area contributed by atoms with E-state index in [1.807, 2.05) is 0 Å². The standard InChI is InChI=1S/C16H13ClF2N2O2/c1-9(20-16(23)11-4-2-3-5-12(11)17)15(22)21-10-6-7-13(18)14(19)8-10/h2-9H,1H3,(H,20,23)(H,21,22)/t9-/m0/s1. The van der Waals surface area contributed by atoms with Gasteiger partial charge in [0, 0.05) is 11.8 Å². The van der Waals surface area contributed by atoms with E-state index in [1.54, 1.807) is 18.2 Å². The van der Waals surface area contributed by atoms with Crippen LogP contribution in [0.25, 0.3) is 0 Å². The first-order valence-electron chi connectivity index (χ1n) is 6.70. The Bertz CT molecular complexity index is 753. The number of amides is 2. The summed E-state index contributed by atoms with van der Waals surface area (Å²) in [5, 5.41) is 5.13. The third-order valence-corrected chi connectivity index (χ3v) is 3.38. The van der Waals surface area contributed by atoms with Crippen LogP contribution in [0, 0.1) is 11.6 Å². The van der Waals surface area contributed by atoms with Crippen molar-refractivity contribution in [2.24, 2.45) is 0 Å². The van der Waals surface area contributed by atoms with Crippen LogP contribution in [0.2, 0.25) is 5.02 Å². The summed E-state index contributed by atoms with van der Waals surface area (Å²) in [6.45, 7) is 1.46. The van der Waals surface area contributed by atoms with Crippen molar-refractivity contribution < 1.29 is 18.4 Å². The third-order valence-electron chi connectivity index (χ3n) is 3.05. The quantitative estimate of drug-likeness (QED) is 0.898. The average molecular weight is 339 g/mol. The van der Waals surface area contributed by atoms with Crippen molar-refractivity contribution in [1.82, 2.24) is 5.32 Å². The number of carbonyl (C=O) groups excluding carboxylic acids is 2. The highest BCUT2D eigenvalue weighted by Crippen LogP contribution is 2.15. The largest absolute Gasteiger partial charge is 0.340 e. The topological polar surface area (TPSA) is 58.2 Å². The van der Waals surface area contributed by atoms with Crippen LogP contribution < -0.4 is 10.6 Å². The number of carbonyl (C=O) groups is 2. The molecule has 0 bridgehead atoms. The molecule has 120 valence electrons. The van der Waals surface area contributed by atoms with Gasteiger partial charge in [0.25, 0.3) is 5.91 Å². The molecule has 23 heavy (non-hydrogen) atoms. The second-order valence-corrected chi connectivity index (χ2v) is 5.20. The summed E-state index contributed by atoms with van der Waals surface area (Å²) in [6, 6.07) is 8.49. The van der Waals surface area contributed by atoms with Crippen molar-refractivity contribution in [2.45, 2.75) is 13.0 Å². The summed E-state index contributed by atoms with van der Waals surface area (Å²) in [5.41, 5.74) is 0.328. The lowest BCUT2D eigenvalue weighted by molar-refractivity contribution is -0.117. The molecular weight excluding hydrogens is 326 g/mol. The number of nitrogens with one attached hydrogen (secondary N) is 2. The van der Waals surface area contributed by atoms with Crippen LogP contribution in [0.15, 0.2) is 42.5 Å². The van der Waals surface area contributed by atoms with Gasteiger partial charge in [-0.1, -0.05) is 23.7 Å². The molecular formula is C16H13ClF2N2O2. The monoisotopic (exact) mass is 338 g/mol. The first kappa shape index (κ1) is 16.9. The number of benzene rings is 2. The fourth-order valence-electron chi connectivity index (χ4n) is 1.81. The lowest BCUT2D eigenvalue weighted by Gasteiger charge is -2.14. The second kappa shape index (κ2) is 7.19. The lowest BCUT2D eigenvalue weighted by atomic mass is 10.2. The molecule has 0 saturated carbocycles. The zero-order valence-corrected chi connectivity index (χ0v) is 12.8. The summed E-state index contributed by atoms with van der Waals surface area (Å²) in [7, 11) is 0. The van der Waals surface area contributed by atoms with Crippen molar-refractivity contribution in [3.05, 3.63) is 64.7 Å². The Morgan fingerprint density at radius 3 is 2.43 bits per heavy atom. The van der Waals surface area contributed by atoms with Crippen LogP contribution in [0.5, 0.6) is 0 Å². The Labute approximate surface area is 136 Å². The molecule has 4 nitrogen and oxygen atoms in total. The molecule has 7 heteroatoms. The van der Waals surface area contributed by atoms with E-state index in [9.17, 15) is 18.4 Å². The number of hydrogen-bond acceptors (Lipinski definition) is 2. The minimum absolute atomic E-state index is 0.0905. The average Bonchev–Trinajstić information content (AvgIpc) is 2.51. The fourth-order valence-corrected chi connectivity index (χ4v) is 2.03. The van der Waals surface area contributed by atoms with Gasteiger partial charge in [-0.25, -0.2) is 8.78 Å². The molecule has 0 heterocycles. The Hall–Kier alpha value is -2.47. The van der Waals surface area contributed by atoms with E-state index in [0.717, 1.165) is 12.1 Å². The van der Waals surface area contributed by atoms with E-state index in [-0.39, 0.29) is 16.3 Å². The zero-order valence-electron chi connectivity index (χ0n) is 12.1.